The molecule has 0 radical (unpaired) electrons. The van der Waals surface area contributed by atoms with Crippen molar-refractivity contribution in [2.24, 2.45) is 0 Å². The summed E-state index contributed by atoms with van der Waals surface area (Å²) in [5, 5.41) is 3.31. The number of carbonyl (C=O) groups is 1. The SMILES string of the molecule is COc1ccsc1C(=O)c1sccc1F. The Morgan fingerprint density at radius 3 is 2.53 bits per heavy atom. The third-order valence-electron chi connectivity index (χ3n) is 1.88. The van der Waals surface area contributed by atoms with Crippen LogP contribution in [0.3, 0.4) is 0 Å². The van der Waals surface area contributed by atoms with E-state index in [0.29, 0.717) is 10.6 Å². The monoisotopic (exact) mass is 242 g/mol. The molecule has 2 heterocycles. The Morgan fingerprint density at radius 1 is 1.27 bits per heavy atom. The first-order valence-corrected chi connectivity index (χ1v) is 5.89. The van der Waals surface area contributed by atoms with Crippen molar-refractivity contribution in [3.63, 3.8) is 0 Å². The molecule has 0 atom stereocenters. The van der Waals surface area contributed by atoms with Crippen LogP contribution in [0.4, 0.5) is 4.39 Å². The molecule has 2 aromatic heterocycles. The van der Waals surface area contributed by atoms with E-state index in [0.717, 1.165) is 11.3 Å². The van der Waals surface area contributed by atoms with Gasteiger partial charge < -0.3 is 4.74 Å². The van der Waals surface area contributed by atoms with Crippen LogP contribution in [-0.4, -0.2) is 12.9 Å². The predicted molar refractivity (Wildman–Crippen MR) is 58.6 cm³/mol. The Morgan fingerprint density at radius 2 is 1.93 bits per heavy atom. The number of hydrogen-bond acceptors (Lipinski definition) is 4. The van der Waals surface area contributed by atoms with Crippen LogP contribution >= 0.6 is 22.7 Å². The first-order valence-electron chi connectivity index (χ1n) is 4.13. The van der Waals surface area contributed by atoms with Crippen molar-refractivity contribution in [1.29, 1.82) is 0 Å². The summed E-state index contributed by atoms with van der Waals surface area (Å²) in [5.41, 5.74) is 0. The molecule has 2 aromatic rings. The second-order valence-electron chi connectivity index (χ2n) is 2.74. The second-order valence-corrected chi connectivity index (χ2v) is 4.58. The zero-order chi connectivity index (χ0) is 10.8. The van der Waals surface area contributed by atoms with Gasteiger partial charge in [-0.05, 0) is 22.9 Å². The summed E-state index contributed by atoms with van der Waals surface area (Å²) in [6, 6.07) is 2.99. The van der Waals surface area contributed by atoms with Crippen LogP contribution in [0.15, 0.2) is 22.9 Å². The van der Waals surface area contributed by atoms with Gasteiger partial charge in [0.2, 0.25) is 5.78 Å². The minimum atomic E-state index is -0.472. The fourth-order valence-electron chi connectivity index (χ4n) is 1.18. The predicted octanol–water partition coefficient (Wildman–Crippen LogP) is 3.19. The van der Waals surface area contributed by atoms with Crippen molar-refractivity contribution in [3.05, 3.63) is 38.5 Å². The highest BCUT2D eigenvalue weighted by Gasteiger charge is 2.20. The van der Waals surface area contributed by atoms with Gasteiger partial charge in [-0.25, -0.2) is 4.39 Å². The summed E-state index contributed by atoms with van der Waals surface area (Å²) >= 11 is 2.36. The summed E-state index contributed by atoms with van der Waals surface area (Å²) < 4.78 is 18.2. The number of ether oxygens (including phenoxy) is 1. The molecule has 0 saturated carbocycles. The van der Waals surface area contributed by atoms with Crippen LogP contribution in [0.2, 0.25) is 0 Å². The molecule has 0 aromatic carbocycles. The van der Waals surface area contributed by atoms with Crippen molar-refractivity contribution in [2.75, 3.05) is 7.11 Å². The Labute approximate surface area is 93.9 Å². The molecular weight excluding hydrogens is 235 g/mol. The van der Waals surface area contributed by atoms with Crippen LogP contribution in [0.1, 0.15) is 14.5 Å². The zero-order valence-corrected chi connectivity index (χ0v) is 9.45. The lowest BCUT2D eigenvalue weighted by atomic mass is 10.2. The first-order chi connectivity index (χ1) is 7.24. The molecule has 5 heteroatoms. The van der Waals surface area contributed by atoms with Gasteiger partial charge in [-0.2, -0.15) is 0 Å². The lowest BCUT2D eigenvalue weighted by Gasteiger charge is -1.99. The van der Waals surface area contributed by atoms with Crippen molar-refractivity contribution < 1.29 is 13.9 Å². The molecule has 0 amide bonds. The maximum atomic E-state index is 13.2. The van der Waals surface area contributed by atoms with Gasteiger partial charge in [0.25, 0.3) is 0 Å². The number of halogens is 1. The van der Waals surface area contributed by atoms with Crippen LogP contribution in [0, 0.1) is 5.82 Å². The van der Waals surface area contributed by atoms with Crippen molar-refractivity contribution >= 4 is 28.5 Å². The van der Waals surface area contributed by atoms with E-state index in [9.17, 15) is 9.18 Å². The third kappa shape index (κ3) is 1.80. The molecule has 2 nitrogen and oxygen atoms in total. The molecule has 78 valence electrons. The van der Waals surface area contributed by atoms with E-state index in [4.69, 9.17) is 4.74 Å². The zero-order valence-electron chi connectivity index (χ0n) is 7.82. The summed E-state index contributed by atoms with van der Waals surface area (Å²) in [5.74, 6) is -0.285. The highest BCUT2D eigenvalue weighted by atomic mass is 32.1. The number of thiophene rings is 2. The molecular formula is C10H7FO2S2. The molecule has 0 saturated heterocycles. The van der Waals surface area contributed by atoms with E-state index in [1.165, 1.54) is 24.5 Å². The fourth-order valence-corrected chi connectivity index (χ4v) is 2.76. The summed E-state index contributed by atoms with van der Waals surface area (Å²) in [4.78, 5) is 12.4. The Balaban J connectivity index is 2.41. The van der Waals surface area contributed by atoms with E-state index in [1.807, 2.05) is 0 Å². The molecule has 0 aliphatic carbocycles. The van der Waals surface area contributed by atoms with Crippen molar-refractivity contribution in [2.45, 2.75) is 0 Å². The summed E-state index contributed by atoms with van der Waals surface area (Å²) in [6.45, 7) is 0. The highest BCUT2D eigenvalue weighted by molar-refractivity contribution is 7.16. The number of carbonyl (C=O) groups excluding carboxylic acids is 1. The standard InChI is InChI=1S/C10H7FO2S2/c1-13-7-3-5-15-10(7)8(12)9-6(11)2-4-14-9/h2-5H,1H3. The Hall–Kier alpha value is -1.20. The molecule has 0 unspecified atom stereocenters. The van der Waals surface area contributed by atoms with Crippen LogP contribution in [-0.2, 0) is 0 Å². The normalized spacial score (nSPS) is 10.3. The third-order valence-corrected chi connectivity index (χ3v) is 3.66. The molecule has 2 rings (SSSR count). The molecule has 0 N–H and O–H groups in total. The number of hydrogen-bond donors (Lipinski definition) is 0. The topological polar surface area (TPSA) is 26.3 Å². The molecule has 0 aliphatic heterocycles. The average molecular weight is 242 g/mol. The van der Waals surface area contributed by atoms with Gasteiger partial charge in [0.05, 0.1) is 7.11 Å². The van der Waals surface area contributed by atoms with E-state index in [1.54, 1.807) is 16.8 Å². The van der Waals surface area contributed by atoms with Gasteiger partial charge in [-0.3, -0.25) is 4.79 Å². The second kappa shape index (κ2) is 4.12. The van der Waals surface area contributed by atoms with Crippen LogP contribution in [0.25, 0.3) is 0 Å². The molecule has 0 fully saturated rings. The van der Waals surface area contributed by atoms with Crippen molar-refractivity contribution in [3.8, 4) is 5.75 Å². The molecule has 0 aliphatic rings. The van der Waals surface area contributed by atoms with Crippen LogP contribution < -0.4 is 4.74 Å². The quantitative estimate of drug-likeness (QED) is 0.773. The van der Waals surface area contributed by atoms with E-state index < -0.39 is 5.82 Å². The minimum Gasteiger partial charge on any atom is -0.495 e. The molecule has 0 bridgehead atoms. The highest BCUT2D eigenvalue weighted by Crippen LogP contribution is 2.29. The van der Waals surface area contributed by atoms with Gasteiger partial charge in [0.1, 0.15) is 21.3 Å². The van der Waals surface area contributed by atoms with Gasteiger partial charge in [-0.15, -0.1) is 22.7 Å². The molecule has 0 spiro atoms. The van der Waals surface area contributed by atoms with E-state index >= 15 is 0 Å². The van der Waals surface area contributed by atoms with E-state index in [-0.39, 0.29) is 10.7 Å². The van der Waals surface area contributed by atoms with E-state index in [2.05, 4.69) is 0 Å². The molecule has 15 heavy (non-hydrogen) atoms. The fraction of sp³-hybridized carbons (Fsp3) is 0.100. The lowest BCUT2D eigenvalue weighted by Crippen LogP contribution is -2.00. The number of ketones is 1. The van der Waals surface area contributed by atoms with Gasteiger partial charge in [0, 0.05) is 0 Å². The lowest BCUT2D eigenvalue weighted by molar-refractivity contribution is 0.104. The summed E-state index contributed by atoms with van der Waals surface area (Å²) in [7, 11) is 1.49. The average Bonchev–Trinajstić information content (AvgIpc) is 2.84. The van der Waals surface area contributed by atoms with Crippen LogP contribution in [0.5, 0.6) is 5.75 Å². The van der Waals surface area contributed by atoms with Crippen molar-refractivity contribution in [1.82, 2.24) is 0 Å². The number of methoxy groups -OCH3 is 1. The number of rotatable bonds is 3. The maximum Gasteiger partial charge on any atom is 0.219 e. The Bertz CT molecular complexity index is 487. The summed E-state index contributed by atoms with van der Waals surface area (Å²) in [6.07, 6.45) is 0. The maximum absolute atomic E-state index is 13.2. The largest absolute Gasteiger partial charge is 0.495 e. The van der Waals surface area contributed by atoms with Gasteiger partial charge >= 0.3 is 0 Å². The minimum absolute atomic E-state index is 0.135. The smallest absolute Gasteiger partial charge is 0.219 e. The van der Waals surface area contributed by atoms with Gasteiger partial charge in [0.15, 0.2) is 0 Å². The van der Waals surface area contributed by atoms with Gasteiger partial charge in [-0.1, -0.05) is 0 Å². The Kier molecular flexibility index (Phi) is 2.83. The first kappa shape index (κ1) is 10.3.